The molecule has 0 N–H and O–H groups in total. The van der Waals surface area contributed by atoms with Crippen LogP contribution in [0.3, 0.4) is 0 Å². The Hall–Kier alpha value is -3.16. The maximum absolute atomic E-state index is 12.9. The van der Waals surface area contributed by atoms with E-state index in [1.165, 1.54) is 17.7 Å². The first-order valence-corrected chi connectivity index (χ1v) is 12.0. The number of carbonyl (C=O) groups excluding carboxylic acids is 1. The molecule has 3 rings (SSSR count). The number of nitrogens with zero attached hydrogens (tertiary/aromatic N) is 4. The van der Waals surface area contributed by atoms with Gasteiger partial charge in [-0.15, -0.1) is 0 Å². The van der Waals surface area contributed by atoms with Gasteiger partial charge in [-0.2, -0.15) is 13.2 Å². The van der Waals surface area contributed by atoms with Gasteiger partial charge in [0.05, 0.1) is 11.3 Å². The van der Waals surface area contributed by atoms with Crippen molar-refractivity contribution in [2.75, 3.05) is 31.1 Å². The Morgan fingerprint density at radius 3 is 2.51 bits per heavy atom. The third kappa shape index (κ3) is 6.93. The first-order chi connectivity index (χ1) is 16.6. The number of halogens is 3. The number of hydrogen-bond donors (Lipinski definition) is 0. The Morgan fingerprint density at radius 1 is 1.14 bits per heavy atom. The van der Waals surface area contributed by atoms with Crippen molar-refractivity contribution in [3.63, 3.8) is 0 Å². The molecule has 1 aromatic carbocycles. The lowest BCUT2D eigenvalue weighted by Gasteiger charge is -2.38. The second-order valence-corrected chi connectivity index (χ2v) is 8.94. The lowest BCUT2D eigenvalue weighted by Crippen LogP contribution is -2.46. The minimum Gasteiger partial charge on any atom is -0.372 e. The number of rotatable bonds is 9. The molecule has 35 heavy (non-hydrogen) atoms. The number of aryl methyl sites for hydroxylation is 1. The van der Waals surface area contributed by atoms with Gasteiger partial charge in [-0.05, 0) is 45.2 Å². The van der Waals surface area contributed by atoms with Crippen LogP contribution in [0.2, 0.25) is 0 Å². The summed E-state index contributed by atoms with van der Waals surface area (Å²) in [6.07, 6.45) is 1.65. The quantitative estimate of drug-likeness (QED) is 0.389. The molecule has 2 heterocycles. The van der Waals surface area contributed by atoms with Crippen LogP contribution in [0.25, 0.3) is 6.08 Å². The third-order valence-corrected chi connectivity index (χ3v) is 6.42. The zero-order chi connectivity index (χ0) is 25.6. The largest absolute Gasteiger partial charge is 0.416 e. The number of benzene rings is 1. The van der Waals surface area contributed by atoms with Crippen molar-refractivity contribution >= 4 is 17.7 Å². The minimum absolute atomic E-state index is 0.0994. The van der Waals surface area contributed by atoms with E-state index in [1.54, 1.807) is 6.33 Å². The van der Waals surface area contributed by atoms with Crippen LogP contribution in [0.4, 0.5) is 19.0 Å². The van der Waals surface area contributed by atoms with Gasteiger partial charge in [0.1, 0.15) is 12.1 Å². The Labute approximate surface area is 205 Å². The van der Waals surface area contributed by atoms with E-state index in [1.807, 2.05) is 6.92 Å². The molecule has 1 aliphatic rings. The lowest BCUT2D eigenvalue weighted by molar-refractivity contribution is -0.137. The number of piperazine rings is 1. The second kappa shape index (κ2) is 11.5. The number of carbonyl (C=O) groups is 1. The van der Waals surface area contributed by atoms with Gasteiger partial charge in [-0.3, -0.25) is 4.79 Å². The van der Waals surface area contributed by atoms with E-state index in [4.69, 9.17) is 0 Å². The van der Waals surface area contributed by atoms with Crippen molar-refractivity contribution in [3.8, 4) is 0 Å². The molecular formula is C27H33F3N4O. The van der Waals surface area contributed by atoms with E-state index in [0.717, 1.165) is 67.5 Å². The van der Waals surface area contributed by atoms with Crippen molar-refractivity contribution < 1.29 is 18.0 Å². The van der Waals surface area contributed by atoms with Gasteiger partial charge >= 0.3 is 6.18 Å². The summed E-state index contributed by atoms with van der Waals surface area (Å²) in [6.45, 7) is 13.6. The summed E-state index contributed by atoms with van der Waals surface area (Å²) < 4.78 is 38.7. The van der Waals surface area contributed by atoms with Gasteiger partial charge in [0, 0.05) is 49.4 Å². The maximum Gasteiger partial charge on any atom is 0.416 e. The number of allylic oxidation sites excluding steroid dienone is 2. The molecule has 0 amide bonds. The van der Waals surface area contributed by atoms with E-state index < -0.39 is 11.7 Å². The molecule has 0 saturated carbocycles. The fraction of sp³-hybridized carbons (Fsp3) is 0.444. The van der Waals surface area contributed by atoms with Crippen molar-refractivity contribution in [2.45, 2.75) is 52.6 Å². The molecule has 5 nitrogen and oxygen atoms in total. The summed E-state index contributed by atoms with van der Waals surface area (Å²) in [5.74, 6) is 0.665. The highest BCUT2D eigenvalue weighted by Gasteiger charge is 2.30. The average molecular weight is 487 g/mol. The highest BCUT2D eigenvalue weighted by molar-refractivity contribution is 5.96. The fourth-order valence-electron chi connectivity index (χ4n) is 4.10. The average Bonchev–Trinajstić information content (AvgIpc) is 2.84. The predicted molar refractivity (Wildman–Crippen MR) is 133 cm³/mol. The fourth-order valence-corrected chi connectivity index (χ4v) is 4.10. The zero-order valence-corrected chi connectivity index (χ0v) is 20.7. The Bertz CT molecular complexity index is 1090. The van der Waals surface area contributed by atoms with Gasteiger partial charge < -0.3 is 9.80 Å². The van der Waals surface area contributed by atoms with Gasteiger partial charge in [0.25, 0.3) is 0 Å². The van der Waals surface area contributed by atoms with Crippen LogP contribution in [-0.4, -0.2) is 46.8 Å². The van der Waals surface area contributed by atoms with Gasteiger partial charge in [0.15, 0.2) is 5.78 Å². The minimum atomic E-state index is -4.46. The molecule has 0 spiro atoms. The molecule has 0 aliphatic carbocycles. The first kappa shape index (κ1) is 26.4. The molecule has 0 atom stereocenters. The van der Waals surface area contributed by atoms with E-state index in [0.29, 0.717) is 12.8 Å². The van der Waals surface area contributed by atoms with Crippen LogP contribution in [0.15, 0.2) is 48.4 Å². The topological polar surface area (TPSA) is 49.3 Å². The van der Waals surface area contributed by atoms with Crippen molar-refractivity contribution in [1.82, 2.24) is 14.9 Å². The number of anilines is 1. The third-order valence-electron chi connectivity index (χ3n) is 6.42. The van der Waals surface area contributed by atoms with Crippen LogP contribution in [0.5, 0.6) is 0 Å². The van der Waals surface area contributed by atoms with E-state index in [-0.39, 0.29) is 17.8 Å². The zero-order valence-electron chi connectivity index (χ0n) is 20.7. The molecule has 1 saturated heterocycles. The van der Waals surface area contributed by atoms with Gasteiger partial charge in [0.2, 0.25) is 0 Å². The number of hydrogen-bond acceptors (Lipinski definition) is 5. The van der Waals surface area contributed by atoms with Crippen LogP contribution < -0.4 is 4.90 Å². The summed E-state index contributed by atoms with van der Waals surface area (Å²) in [5.41, 5.74) is 3.54. The van der Waals surface area contributed by atoms with Gasteiger partial charge in [-0.25, -0.2) is 9.97 Å². The molecule has 188 valence electrons. The summed E-state index contributed by atoms with van der Waals surface area (Å²) in [6, 6.07) is 4.62. The molecule has 1 aliphatic heterocycles. The maximum atomic E-state index is 12.9. The van der Waals surface area contributed by atoms with Crippen LogP contribution >= 0.6 is 0 Å². The van der Waals surface area contributed by atoms with Crippen molar-refractivity contribution in [2.24, 2.45) is 0 Å². The van der Waals surface area contributed by atoms with E-state index in [2.05, 4.69) is 46.3 Å². The number of aromatic nitrogens is 2. The SMILES string of the molecule is C=C(CCCC(=O)c1cccc(C(F)(F)F)c1)N1CCN(c2ncnc(C)c2/C=C(\C)CC)CC1. The smallest absolute Gasteiger partial charge is 0.372 e. The summed E-state index contributed by atoms with van der Waals surface area (Å²) in [5, 5.41) is 0. The monoisotopic (exact) mass is 486 g/mol. The highest BCUT2D eigenvalue weighted by Crippen LogP contribution is 2.30. The molecule has 0 radical (unpaired) electrons. The van der Waals surface area contributed by atoms with Crippen LogP contribution in [0, 0.1) is 6.92 Å². The molecule has 1 fully saturated rings. The number of Topliss-reactive ketones (excluding diaryl/α,β-unsaturated/α-hetero) is 1. The number of alkyl halides is 3. The van der Waals surface area contributed by atoms with E-state index in [9.17, 15) is 18.0 Å². The second-order valence-electron chi connectivity index (χ2n) is 8.94. The number of ketones is 1. The summed E-state index contributed by atoms with van der Waals surface area (Å²) >= 11 is 0. The molecule has 0 bridgehead atoms. The summed E-state index contributed by atoms with van der Waals surface area (Å²) in [7, 11) is 0. The molecule has 2 aromatic rings. The predicted octanol–water partition coefficient (Wildman–Crippen LogP) is 6.31. The molecular weight excluding hydrogens is 453 g/mol. The van der Waals surface area contributed by atoms with Crippen molar-refractivity contribution in [3.05, 3.63) is 70.8 Å². The normalized spacial score (nSPS) is 14.9. The lowest BCUT2D eigenvalue weighted by atomic mass is 10.0. The Morgan fingerprint density at radius 2 is 1.86 bits per heavy atom. The Balaban J connectivity index is 1.52. The van der Waals surface area contributed by atoms with Gasteiger partial charge in [-0.1, -0.05) is 37.3 Å². The van der Waals surface area contributed by atoms with Crippen molar-refractivity contribution in [1.29, 1.82) is 0 Å². The van der Waals surface area contributed by atoms with Crippen LogP contribution in [0.1, 0.15) is 66.7 Å². The first-order valence-electron chi connectivity index (χ1n) is 12.0. The molecule has 8 heteroatoms. The molecule has 1 aromatic heterocycles. The molecule has 0 unspecified atom stereocenters. The highest BCUT2D eigenvalue weighted by atomic mass is 19.4. The van der Waals surface area contributed by atoms with E-state index >= 15 is 0 Å². The summed E-state index contributed by atoms with van der Waals surface area (Å²) in [4.78, 5) is 25.8. The van der Waals surface area contributed by atoms with Crippen LogP contribution in [-0.2, 0) is 6.18 Å². The standard InChI is InChI=1S/C27H33F3N4O/c1-5-19(2)16-24-21(4)31-18-32-26(24)34-14-12-33(13-15-34)20(3)8-6-11-25(35)22-9-7-10-23(17-22)27(28,29)30/h7,9-10,16-18H,3,5-6,8,11-15H2,1-2,4H3/b19-16+. The Kier molecular flexibility index (Phi) is 8.70.